The van der Waals surface area contributed by atoms with Gasteiger partial charge in [-0.1, -0.05) is 141 Å². The molecular formula is C54H30Br2N4S. The van der Waals surface area contributed by atoms with Gasteiger partial charge in [-0.2, -0.15) is 0 Å². The van der Waals surface area contributed by atoms with Gasteiger partial charge in [-0.05, 0) is 94.7 Å². The predicted octanol–water partition coefficient (Wildman–Crippen LogP) is 16.2. The van der Waals surface area contributed by atoms with Crippen LogP contribution >= 0.6 is 43.2 Å². The van der Waals surface area contributed by atoms with Crippen LogP contribution in [-0.2, 0) is 0 Å². The molecule has 13 rings (SSSR count). The number of nitrogens with zero attached hydrogens (tertiary/aromatic N) is 4. The Morgan fingerprint density at radius 1 is 0.328 bits per heavy atom. The molecule has 7 heteroatoms. The van der Waals surface area contributed by atoms with Gasteiger partial charge < -0.3 is 9.13 Å². The summed E-state index contributed by atoms with van der Waals surface area (Å²) >= 11 is 9.36. The molecule has 0 saturated carbocycles. The highest BCUT2D eigenvalue weighted by Gasteiger charge is 2.23. The van der Waals surface area contributed by atoms with Gasteiger partial charge in [0.2, 0.25) is 0 Å². The molecule has 0 aliphatic heterocycles. The van der Waals surface area contributed by atoms with Gasteiger partial charge in [-0.25, -0.2) is 9.97 Å². The molecule has 61 heavy (non-hydrogen) atoms. The molecule has 286 valence electrons. The van der Waals surface area contributed by atoms with E-state index in [1.165, 1.54) is 32.6 Å². The second-order valence-electron chi connectivity index (χ2n) is 15.6. The van der Waals surface area contributed by atoms with Crippen LogP contribution < -0.4 is 0 Å². The molecule has 0 N–H and O–H groups in total. The van der Waals surface area contributed by atoms with Crippen molar-refractivity contribution >= 4 is 130 Å². The minimum absolute atomic E-state index is 0.888. The highest BCUT2D eigenvalue weighted by molar-refractivity contribution is 9.10. The van der Waals surface area contributed by atoms with Gasteiger partial charge >= 0.3 is 0 Å². The molecule has 0 bridgehead atoms. The summed E-state index contributed by atoms with van der Waals surface area (Å²) in [7, 11) is 0. The quantitative estimate of drug-likeness (QED) is 0.165. The first-order chi connectivity index (χ1) is 30.1. The molecule has 0 atom stereocenters. The van der Waals surface area contributed by atoms with Gasteiger partial charge in [0, 0.05) is 52.6 Å². The Bertz CT molecular complexity index is 3700. The van der Waals surface area contributed by atoms with Crippen LogP contribution in [0, 0.1) is 0 Å². The maximum atomic E-state index is 5.71. The summed E-state index contributed by atoms with van der Waals surface area (Å²) in [6.07, 6.45) is 0. The molecular weight excluding hydrogens is 896 g/mol. The fraction of sp³-hybridized carbons (Fsp3) is 0. The summed E-state index contributed by atoms with van der Waals surface area (Å²) in [4.78, 5) is 13.6. The number of hydrogen-bond acceptors (Lipinski definition) is 3. The Kier molecular flexibility index (Phi) is 7.74. The Hall–Kier alpha value is -6.64. The topological polar surface area (TPSA) is 35.6 Å². The summed E-state index contributed by atoms with van der Waals surface area (Å²) < 4.78 is 6.79. The lowest BCUT2D eigenvalue weighted by Crippen LogP contribution is -1.94. The SMILES string of the molecule is Brc1ccc2c3ccc(Br)cc3c3nc4c(-c5ccc6c7ccccc7n(-c7ccccc7)c6c5)sc(-c5ccc6c7ccccc7n(-c7ccccc7)c6c5)c4nc3c2c1. The molecule has 0 unspecified atom stereocenters. The van der Waals surface area contributed by atoms with Crippen LogP contribution in [-0.4, -0.2) is 19.1 Å². The van der Waals surface area contributed by atoms with Gasteiger partial charge in [0.25, 0.3) is 0 Å². The van der Waals surface area contributed by atoms with Crippen molar-refractivity contribution in [1.29, 1.82) is 0 Å². The van der Waals surface area contributed by atoms with Crippen molar-refractivity contribution in [3.05, 3.63) is 191 Å². The normalized spacial score (nSPS) is 12.1. The highest BCUT2D eigenvalue weighted by Crippen LogP contribution is 2.47. The molecule has 9 aromatic carbocycles. The van der Waals surface area contributed by atoms with Crippen molar-refractivity contribution in [2.45, 2.75) is 0 Å². The molecule has 0 aliphatic rings. The third kappa shape index (κ3) is 5.27. The van der Waals surface area contributed by atoms with E-state index < -0.39 is 0 Å². The summed E-state index contributed by atoms with van der Waals surface area (Å²) in [6, 6.07) is 65.5. The maximum absolute atomic E-state index is 5.71. The summed E-state index contributed by atoms with van der Waals surface area (Å²) in [6.45, 7) is 0. The molecule has 0 amide bonds. The van der Waals surface area contributed by atoms with Gasteiger partial charge in [-0.15, -0.1) is 11.3 Å². The Morgan fingerprint density at radius 2 is 0.721 bits per heavy atom. The lowest BCUT2D eigenvalue weighted by atomic mass is 9.99. The smallest absolute Gasteiger partial charge is 0.109 e. The van der Waals surface area contributed by atoms with Crippen molar-refractivity contribution in [2.24, 2.45) is 0 Å². The van der Waals surface area contributed by atoms with Crippen LogP contribution in [0.1, 0.15) is 0 Å². The molecule has 4 aromatic heterocycles. The third-order valence-corrected chi connectivity index (χ3v) is 14.4. The molecule has 0 spiro atoms. The molecule has 13 aromatic rings. The first-order valence-corrected chi connectivity index (χ1v) is 22.6. The first-order valence-electron chi connectivity index (χ1n) is 20.2. The zero-order valence-corrected chi connectivity index (χ0v) is 36.3. The maximum Gasteiger partial charge on any atom is 0.109 e. The second-order valence-corrected chi connectivity index (χ2v) is 18.5. The monoisotopic (exact) mass is 924 g/mol. The summed E-state index contributed by atoms with van der Waals surface area (Å²) in [5, 5.41) is 9.33. The fourth-order valence-corrected chi connectivity index (χ4v) is 11.4. The Labute approximate surface area is 370 Å². The fourth-order valence-electron chi connectivity index (χ4n) is 9.55. The van der Waals surface area contributed by atoms with Crippen molar-refractivity contribution in [3.63, 3.8) is 0 Å². The average molecular weight is 927 g/mol. The van der Waals surface area contributed by atoms with E-state index in [0.29, 0.717) is 0 Å². The lowest BCUT2D eigenvalue weighted by molar-refractivity contribution is 1.18. The van der Waals surface area contributed by atoms with E-state index >= 15 is 0 Å². The highest BCUT2D eigenvalue weighted by atomic mass is 79.9. The first kappa shape index (κ1) is 35.1. The van der Waals surface area contributed by atoms with Crippen molar-refractivity contribution in [2.75, 3.05) is 0 Å². The number of thiophene rings is 1. The largest absolute Gasteiger partial charge is 0.309 e. The molecule has 0 aliphatic carbocycles. The minimum Gasteiger partial charge on any atom is -0.309 e. The number of benzene rings is 9. The van der Waals surface area contributed by atoms with Crippen LogP contribution in [0.5, 0.6) is 0 Å². The standard InChI is InChI=1S/C54H30Br2N4S/c55-33-21-25-37-38-26-22-34(56)30-44(38)50-49(43(37)29-33)57-51-52(58-50)54(32-20-24-42-40-16-8-10-18-46(40)60(48(42)28-32)36-13-5-2-6-14-36)61-53(51)31-19-23-41-39-15-7-9-17-45(39)59(47(41)27-31)35-11-3-1-4-12-35/h1-30H. The van der Waals surface area contributed by atoms with E-state index in [-0.39, 0.29) is 0 Å². The van der Waals surface area contributed by atoms with Crippen LogP contribution in [0.4, 0.5) is 0 Å². The summed E-state index contributed by atoms with van der Waals surface area (Å²) in [5.41, 5.74) is 12.7. The average Bonchev–Trinajstić information content (AvgIpc) is 3.96. The molecule has 0 saturated heterocycles. The van der Waals surface area contributed by atoms with Gasteiger partial charge in [-0.3, -0.25) is 0 Å². The van der Waals surface area contributed by atoms with Gasteiger partial charge in [0.15, 0.2) is 0 Å². The molecule has 0 fully saturated rings. The number of rotatable bonds is 4. The van der Waals surface area contributed by atoms with E-state index in [2.05, 4.69) is 223 Å². The Balaban J connectivity index is 1.15. The molecule has 4 heterocycles. The number of hydrogen-bond donors (Lipinski definition) is 0. The molecule has 4 nitrogen and oxygen atoms in total. The van der Waals surface area contributed by atoms with E-state index in [1.54, 1.807) is 11.3 Å². The van der Waals surface area contributed by atoms with E-state index in [0.717, 1.165) is 95.8 Å². The number of para-hydroxylation sites is 4. The molecule has 0 radical (unpaired) electrons. The zero-order valence-electron chi connectivity index (χ0n) is 32.3. The van der Waals surface area contributed by atoms with Gasteiger partial charge in [0.1, 0.15) is 11.0 Å². The Morgan fingerprint density at radius 3 is 1.18 bits per heavy atom. The van der Waals surface area contributed by atoms with E-state index in [9.17, 15) is 0 Å². The minimum atomic E-state index is 0.888. The number of aromatic nitrogens is 4. The third-order valence-electron chi connectivity index (χ3n) is 12.2. The number of halogens is 2. The zero-order chi connectivity index (χ0) is 40.3. The second kappa shape index (κ2) is 13.4. The summed E-state index contributed by atoms with van der Waals surface area (Å²) in [5.74, 6) is 0. The van der Waals surface area contributed by atoms with Crippen LogP contribution in [0.2, 0.25) is 0 Å². The lowest BCUT2D eigenvalue weighted by Gasteiger charge is -2.11. The predicted molar refractivity (Wildman–Crippen MR) is 265 cm³/mol. The van der Waals surface area contributed by atoms with Crippen LogP contribution in [0.15, 0.2) is 191 Å². The number of fused-ring (bicyclic) bond motifs is 13. The van der Waals surface area contributed by atoms with E-state index in [4.69, 9.17) is 9.97 Å². The van der Waals surface area contributed by atoms with Crippen LogP contribution in [0.25, 0.3) is 119 Å². The van der Waals surface area contributed by atoms with Crippen LogP contribution in [0.3, 0.4) is 0 Å². The van der Waals surface area contributed by atoms with Crippen molar-refractivity contribution in [1.82, 2.24) is 19.1 Å². The van der Waals surface area contributed by atoms with Gasteiger partial charge in [0.05, 0.1) is 42.9 Å². The van der Waals surface area contributed by atoms with Crippen molar-refractivity contribution < 1.29 is 0 Å². The van der Waals surface area contributed by atoms with E-state index in [1.807, 2.05) is 0 Å². The van der Waals surface area contributed by atoms with Crippen molar-refractivity contribution in [3.8, 4) is 32.3 Å².